The Morgan fingerprint density at radius 1 is 1.17 bits per heavy atom. The SMILES string of the molecule is CCOC(=O)CCN(C(=O)c1ccc2c(c1)nc(CNc1ccc(C#N)cc1)n2C)c1cccnc1. The molecule has 1 amide bonds. The molecule has 2 aromatic heterocycles. The molecule has 36 heavy (non-hydrogen) atoms. The van der Waals surface area contributed by atoms with Crippen LogP contribution < -0.4 is 10.2 Å². The van der Waals surface area contributed by atoms with E-state index in [0.717, 1.165) is 17.0 Å². The minimum Gasteiger partial charge on any atom is -0.466 e. The molecule has 4 rings (SSSR count). The zero-order valence-electron chi connectivity index (χ0n) is 20.1. The van der Waals surface area contributed by atoms with Crippen molar-refractivity contribution in [3.63, 3.8) is 0 Å². The van der Waals surface area contributed by atoms with E-state index < -0.39 is 0 Å². The third-order valence-electron chi connectivity index (χ3n) is 5.73. The fourth-order valence-electron chi connectivity index (χ4n) is 3.84. The molecule has 0 saturated heterocycles. The van der Waals surface area contributed by atoms with Crippen LogP contribution >= 0.6 is 0 Å². The van der Waals surface area contributed by atoms with E-state index in [0.29, 0.717) is 35.5 Å². The van der Waals surface area contributed by atoms with Crippen LogP contribution in [0, 0.1) is 11.3 Å². The smallest absolute Gasteiger partial charge is 0.307 e. The molecule has 0 saturated carbocycles. The average Bonchev–Trinajstić information content (AvgIpc) is 3.23. The van der Waals surface area contributed by atoms with Crippen LogP contribution in [0.15, 0.2) is 67.0 Å². The van der Waals surface area contributed by atoms with Crippen LogP contribution in [0.4, 0.5) is 11.4 Å². The number of imidazole rings is 1. The Kier molecular flexibility index (Phi) is 7.56. The van der Waals surface area contributed by atoms with E-state index >= 15 is 0 Å². The van der Waals surface area contributed by atoms with Crippen LogP contribution in [0.2, 0.25) is 0 Å². The number of nitrogens with zero attached hydrogens (tertiary/aromatic N) is 5. The molecular weight excluding hydrogens is 456 g/mol. The molecule has 0 bridgehead atoms. The lowest BCUT2D eigenvalue weighted by Crippen LogP contribution is -2.33. The van der Waals surface area contributed by atoms with Gasteiger partial charge in [-0.1, -0.05) is 0 Å². The van der Waals surface area contributed by atoms with Gasteiger partial charge in [0.15, 0.2) is 0 Å². The molecule has 1 N–H and O–H groups in total. The molecule has 0 aliphatic heterocycles. The Balaban J connectivity index is 1.55. The van der Waals surface area contributed by atoms with Crippen LogP contribution in [-0.4, -0.2) is 39.6 Å². The Bertz CT molecular complexity index is 1410. The standard InChI is InChI=1S/C27H26N6O3/c1-3-36-26(34)12-14-33(22-5-4-13-29-17-22)27(35)20-8-11-24-23(15-20)31-25(32(24)2)18-30-21-9-6-19(16-28)7-10-21/h4-11,13,15,17,30H,3,12,14,18H2,1-2H3. The number of rotatable bonds is 9. The van der Waals surface area contributed by atoms with Gasteiger partial charge in [-0.05, 0) is 61.5 Å². The molecule has 0 radical (unpaired) electrons. The number of nitrogens with one attached hydrogen (secondary N) is 1. The largest absolute Gasteiger partial charge is 0.466 e. The van der Waals surface area contributed by atoms with E-state index in [1.165, 1.54) is 4.90 Å². The van der Waals surface area contributed by atoms with E-state index in [4.69, 9.17) is 15.0 Å². The zero-order valence-corrected chi connectivity index (χ0v) is 20.1. The fraction of sp³-hybridized carbons (Fsp3) is 0.222. The lowest BCUT2D eigenvalue weighted by Gasteiger charge is -2.22. The van der Waals surface area contributed by atoms with Gasteiger partial charge >= 0.3 is 5.97 Å². The van der Waals surface area contributed by atoms with Gasteiger partial charge in [0.1, 0.15) is 5.82 Å². The molecule has 9 nitrogen and oxygen atoms in total. The number of carbonyl (C=O) groups is 2. The van der Waals surface area contributed by atoms with E-state index in [1.54, 1.807) is 55.7 Å². The molecule has 0 spiro atoms. The molecule has 0 atom stereocenters. The number of carbonyl (C=O) groups excluding carboxylic acids is 2. The first-order valence-electron chi connectivity index (χ1n) is 11.6. The highest BCUT2D eigenvalue weighted by atomic mass is 16.5. The second kappa shape index (κ2) is 11.1. The molecule has 0 fully saturated rings. The molecule has 9 heteroatoms. The maximum atomic E-state index is 13.5. The summed E-state index contributed by atoms with van der Waals surface area (Å²) in [5.74, 6) is 0.182. The number of nitriles is 1. The molecular formula is C27H26N6O3. The van der Waals surface area contributed by atoms with Gasteiger partial charge in [-0.15, -0.1) is 0 Å². The maximum Gasteiger partial charge on any atom is 0.307 e. The number of aromatic nitrogens is 3. The van der Waals surface area contributed by atoms with E-state index in [1.807, 2.05) is 29.8 Å². The van der Waals surface area contributed by atoms with E-state index in [9.17, 15) is 9.59 Å². The zero-order chi connectivity index (χ0) is 25.5. The van der Waals surface area contributed by atoms with Gasteiger partial charge < -0.3 is 19.5 Å². The maximum absolute atomic E-state index is 13.5. The second-order valence-corrected chi connectivity index (χ2v) is 8.06. The molecule has 4 aromatic rings. The number of anilines is 2. The second-order valence-electron chi connectivity index (χ2n) is 8.06. The molecule has 2 heterocycles. The van der Waals surface area contributed by atoms with Crippen LogP contribution in [-0.2, 0) is 23.1 Å². The fourth-order valence-corrected chi connectivity index (χ4v) is 3.84. The normalized spacial score (nSPS) is 10.6. The van der Waals surface area contributed by atoms with Crippen molar-refractivity contribution in [2.45, 2.75) is 19.9 Å². The van der Waals surface area contributed by atoms with Gasteiger partial charge in [0, 0.05) is 31.0 Å². The number of amides is 1. The summed E-state index contributed by atoms with van der Waals surface area (Å²) in [7, 11) is 1.92. The van der Waals surface area contributed by atoms with Gasteiger partial charge in [0.25, 0.3) is 5.91 Å². The lowest BCUT2D eigenvalue weighted by molar-refractivity contribution is -0.142. The average molecular weight is 483 g/mol. The first kappa shape index (κ1) is 24.4. The Hall–Kier alpha value is -4.71. The molecule has 2 aromatic carbocycles. The van der Waals surface area contributed by atoms with Gasteiger partial charge in [0.05, 0.1) is 54.1 Å². The van der Waals surface area contributed by atoms with Gasteiger partial charge in [0.2, 0.25) is 0 Å². The minimum absolute atomic E-state index is 0.0749. The summed E-state index contributed by atoms with van der Waals surface area (Å²) in [4.78, 5) is 35.8. The van der Waals surface area contributed by atoms with E-state index in [2.05, 4.69) is 16.4 Å². The Labute approximate surface area is 209 Å². The van der Waals surface area contributed by atoms with Crippen molar-refractivity contribution in [3.05, 3.63) is 83.9 Å². The Morgan fingerprint density at radius 2 is 1.97 bits per heavy atom. The topological polar surface area (TPSA) is 113 Å². The number of fused-ring (bicyclic) bond motifs is 1. The third kappa shape index (κ3) is 5.50. The van der Waals surface area contributed by atoms with Crippen LogP contribution in [0.25, 0.3) is 11.0 Å². The van der Waals surface area contributed by atoms with Gasteiger partial charge in [-0.3, -0.25) is 14.6 Å². The predicted molar refractivity (Wildman–Crippen MR) is 136 cm³/mol. The van der Waals surface area contributed by atoms with Crippen molar-refractivity contribution in [2.24, 2.45) is 7.05 Å². The molecule has 0 aliphatic rings. The summed E-state index contributed by atoms with van der Waals surface area (Å²) in [5, 5.41) is 12.3. The van der Waals surface area contributed by atoms with Crippen molar-refractivity contribution in [1.29, 1.82) is 5.26 Å². The number of pyridine rings is 1. The number of ether oxygens (including phenoxy) is 1. The minimum atomic E-state index is -0.362. The lowest BCUT2D eigenvalue weighted by atomic mass is 10.1. The Morgan fingerprint density at radius 3 is 2.67 bits per heavy atom. The van der Waals surface area contributed by atoms with Crippen LogP contribution in [0.3, 0.4) is 0 Å². The van der Waals surface area contributed by atoms with Crippen molar-refractivity contribution in [3.8, 4) is 6.07 Å². The quantitative estimate of drug-likeness (QED) is 0.358. The number of hydrogen-bond acceptors (Lipinski definition) is 7. The summed E-state index contributed by atoms with van der Waals surface area (Å²) in [5.41, 5.74) is 4.12. The number of aryl methyl sites for hydroxylation is 1. The summed E-state index contributed by atoms with van der Waals surface area (Å²) in [6.07, 6.45) is 3.30. The summed E-state index contributed by atoms with van der Waals surface area (Å²) >= 11 is 0. The van der Waals surface area contributed by atoms with Crippen molar-refractivity contribution in [1.82, 2.24) is 14.5 Å². The van der Waals surface area contributed by atoms with Crippen LogP contribution in [0.1, 0.15) is 35.1 Å². The summed E-state index contributed by atoms with van der Waals surface area (Å²) in [6, 6.07) is 18.2. The summed E-state index contributed by atoms with van der Waals surface area (Å²) in [6.45, 7) is 2.68. The first-order chi connectivity index (χ1) is 17.5. The summed E-state index contributed by atoms with van der Waals surface area (Å²) < 4.78 is 7.00. The third-order valence-corrected chi connectivity index (χ3v) is 5.73. The number of esters is 1. The van der Waals surface area contributed by atoms with E-state index in [-0.39, 0.29) is 24.8 Å². The van der Waals surface area contributed by atoms with Crippen molar-refractivity contribution in [2.75, 3.05) is 23.4 Å². The van der Waals surface area contributed by atoms with Crippen molar-refractivity contribution >= 4 is 34.3 Å². The van der Waals surface area contributed by atoms with Crippen molar-refractivity contribution < 1.29 is 14.3 Å². The highest BCUT2D eigenvalue weighted by Crippen LogP contribution is 2.22. The molecule has 182 valence electrons. The number of hydrogen-bond donors (Lipinski definition) is 1. The van der Waals surface area contributed by atoms with Gasteiger partial charge in [-0.25, -0.2) is 4.98 Å². The molecule has 0 aliphatic carbocycles. The molecule has 0 unspecified atom stereocenters. The van der Waals surface area contributed by atoms with Gasteiger partial charge in [-0.2, -0.15) is 5.26 Å². The highest BCUT2D eigenvalue weighted by molar-refractivity contribution is 6.07. The highest BCUT2D eigenvalue weighted by Gasteiger charge is 2.21. The monoisotopic (exact) mass is 482 g/mol. The predicted octanol–water partition coefficient (Wildman–Crippen LogP) is 4.05. The first-order valence-corrected chi connectivity index (χ1v) is 11.6. The van der Waals surface area contributed by atoms with Crippen LogP contribution in [0.5, 0.6) is 0 Å². The number of benzene rings is 2.